The molecule has 0 saturated carbocycles. The predicted molar refractivity (Wildman–Crippen MR) is 53.5 cm³/mol. The van der Waals surface area contributed by atoms with E-state index in [4.69, 9.17) is 10.2 Å². The molecule has 2 unspecified atom stereocenters. The van der Waals surface area contributed by atoms with Gasteiger partial charge in [-0.05, 0) is 12.1 Å². The second kappa shape index (κ2) is 5.22. The third-order valence-corrected chi connectivity index (χ3v) is 3.02. The number of hydrogen-bond donors (Lipinski definition) is 4. The lowest BCUT2D eigenvalue weighted by atomic mass is 10.1. The van der Waals surface area contributed by atoms with Gasteiger partial charge in [0.2, 0.25) is 0 Å². The molecule has 5 nitrogen and oxygen atoms in total. The molecule has 15 heavy (non-hydrogen) atoms. The number of carbonyl (C=O) groups is 1. The van der Waals surface area contributed by atoms with Crippen molar-refractivity contribution in [3.05, 3.63) is 21.9 Å². The van der Waals surface area contributed by atoms with Crippen molar-refractivity contribution in [2.24, 2.45) is 0 Å². The second-order valence-corrected chi connectivity index (χ2v) is 4.27. The minimum Gasteiger partial charge on any atom is -0.481 e. The zero-order valence-electron chi connectivity index (χ0n) is 7.83. The number of thiophene rings is 1. The van der Waals surface area contributed by atoms with Crippen LogP contribution in [-0.2, 0) is 11.4 Å². The van der Waals surface area contributed by atoms with Crippen molar-refractivity contribution in [1.29, 1.82) is 0 Å². The van der Waals surface area contributed by atoms with Crippen molar-refractivity contribution in [1.82, 2.24) is 0 Å². The van der Waals surface area contributed by atoms with Crippen LogP contribution in [0.2, 0.25) is 0 Å². The van der Waals surface area contributed by atoms with E-state index in [0.717, 1.165) is 11.3 Å². The van der Waals surface area contributed by atoms with Crippen LogP contribution >= 0.6 is 11.3 Å². The Morgan fingerprint density at radius 1 is 1.40 bits per heavy atom. The number of carboxylic acid groups (broad SMARTS) is 1. The van der Waals surface area contributed by atoms with Crippen molar-refractivity contribution < 1.29 is 25.2 Å². The molecular formula is C9H12O5S. The molecule has 0 amide bonds. The third-order valence-electron chi connectivity index (χ3n) is 1.88. The number of carboxylic acids is 1. The van der Waals surface area contributed by atoms with Gasteiger partial charge < -0.3 is 20.4 Å². The van der Waals surface area contributed by atoms with Gasteiger partial charge in [0.15, 0.2) is 0 Å². The van der Waals surface area contributed by atoms with Crippen LogP contribution in [-0.4, -0.2) is 32.5 Å². The quantitative estimate of drug-likeness (QED) is 0.577. The zero-order chi connectivity index (χ0) is 11.4. The lowest BCUT2D eigenvalue weighted by Crippen LogP contribution is -2.20. The van der Waals surface area contributed by atoms with Gasteiger partial charge >= 0.3 is 5.97 Å². The first kappa shape index (κ1) is 12.1. The Labute approximate surface area is 90.2 Å². The van der Waals surface area contributed by atoms with Gasteiger partial charge in [-0.2, -0.15) is 0 Å². The molecular weight excluding hydrogens is 220 g/mol. The standard InChI is InChI=1S/C9H12O5S/c10-4-5-1-2-7(15-5)9(14)6(11)3-8(12)13/h1-2,6,9-11,14H,3-4H2,(H,12,13). The minimum atomic E-state index is -1.33. The average molecular weight is 232 g/mol. The van der Waals surface area contributed by atoms with E-state index in [1.165, 1.54) is 0 Å². The van der Waals surface area contributed by atoms with Crippen LogP contribution in [0.25, 0.3) is 0 Å². The first-order chi connectivity index (χ1) is 7.04. The topological polar surface area (TPSA) is 98.0 Å². The van der Waals surface area contributed by atoms with E-state index in [-0.39, 0.29) is 6.61 Å². The number of aliphatic carboxylic acids is 1. The van der Waals surface area contributed by atoms with Crippen molar-refractivity contribution >= 4 is 17.3 Å². The Morgan fingerprint density at radius 2 is 2.07 bits per heavy atom. The minimum absolute atomic E-state index is 0.133. The summed E-state index contributed by atoms with van der Waals surface area (Å²) in [6.45, 7) is -0.133. The lowest BCUT2D eigenvalue weighted by molar-refractivity contribution is -0.141. The van der Waals surface area contributed by atoms with Crippen LogP contribution in [0.4, 0.5) is 0 Å². The highest BCUT2D eigenvalue weighted by molar-refractivity contribution is 7.12. The molecule has 84 valence electrons. The summed E-state index contributed by atoms with van der Waals surface area (Å²) in [5.41, 5.74) is 0. The summed E-state index contributed by atoms with van der Waals surface area (Å²) in [5, 5.41) is 36.1. The Kier molecular flexibility index (Phi) is 4.22. The SMILES string of the molecule is O=C(O)CC(O)C(O)c1ccc(CO)s1. The third kappa shape index (κ3) is 3.28. The van der Waals surface area contributed by atoms with Gasteiger partial charge in [-0.1, -0.05) is 0 Å². The molecule has 1 aromatic heterocycles. The van der Waals surface area contributed by atoms with E-state index in [1.807, 2.05) is 0 Å². The van der Waals surface area contributed by atoms with E-state index in [1.54, 1.807) is 12.1 Å². The molecule has 0 aliphatic rings. The van der Waals surface area contributed by atoms with Crippen molar-refractivity contribution in [3.63, 3.8) is 0 Å². The van der Waals surface area contributed by atoms with Crippen LogP contribution in [0, 0.1) is 0 Å². The van der Waals surface area contributed by atoms with Gasteiger partial charge in [0.1, 0.15) is 6.10 Å². The monoisotopic (exact) mass is 232 g/mol. The summed E-state index contributed by atoms with van der Waals surface area (Å²) < 4.78 is 0. The molecule has 0 aromatic carbocycles. The maximum absolute atomic E-state index is 10.3. The van der Waals surface area contributed by atoms with Crippen LogP contribution in [0.15, 0.2) is 12.1 Å². The summed E-state index contributed by atoms with van der Waals surface area (Å²) >= 11 is 1.14. The van der Waals surface area contributed by atoms with Gasteiger partial charge in [-0.3, -0.25) is 4.79 Å². The summed E-state index contributed by atoms with van der Waals surface area (Å²) in [7, 11) is 0. The number of aliphatic hydroxyl groups is 3. The highest BCUT2D eigenvalue weighted by atomic mass is 32.1. The maximum atomic E-state index is 10.3. The molecule has 0 spiro atoms. The van der Waals surface area contributed by atoms with E-state index in [2.05, 4.69) is 0 Å². The van der Waals surface area contributed by atoms with E-state index in [9.17, 15) is 15.0 Å². The molecule has 0 aliphatic carbocycles. The highest BCUT2D eigenvalue weighted by Gasteiger charge is 2.22. The molecule has 2 atom stereocenters. The molecule has 0 bridgehead atoms. The zero-order valence-corrected chi connectivity index (χ0v) is 8.65. The van der Waals surface area contributed by atoms with Crippen LogP contribution < -0.4 is 0 Å². The van der Waals surface area contributed by atoms with Crippen molar-refractivity contribution in [2.75, 3.05) is 0 Å². The lowest BCUT2D eigenvalue weighted by Gasteiger charge is -2.14. The predicted octanol–water partition coefficient (Wildman–Crippen LogP) is 0.109. The summed E-state index contributed by atoms with van der Waals surface area (Å²) in [6, 6.07) is 3.18. The van der Waals surface area contributed by atoms with Crippen LogP contribution in [0.5, 0.6) is 0 Å². The summed E-state index contributed by atoms with van der Waals surface area (Å²) in [6.07, 6.45) is -3.05. The molecule has 1 heterocycles. The number of hydrogen-bond acceptors (Lipinski definition) is 5. The molecule has 0 aliphatic heterocycles. The molecule has 1 rings (SSSR count). The first-order valence-electron chi connectivity index (χ1n) is 4.32. The van der Waals surface area contributed by atoms with Gasteiger partial charge in [-0.25, -0.2) is 0 Å². The maximum Gasteiger partial charge on any atom is 0.306 e. The molecule has 0 fully saturated rings. The van der Waals surface area contributed by atoms with E-state index >= 15 is 0 Å². The Bertz CT molecular complexity index is 335. The Balaban J connectivity index is 2.66. The van der Waals surface area contributed by atoms with Gasteiger partial charge in [-0.15, -0.1) is 11.3 Å². The first-order valence-corrected chi connectivity index (χ1v) is 5.13. The second-order valence-electron chi connectivity index (χ2n) is 3.07. The van der Waals surface area contributed by atoms with Crippen molar-refractivity contribution in [3.8, 4) is 0 Å². The van der Waals surface area contributed by atoms with E-state index < -0.39 is 24.6 Å². The number of aliphatic hydroxyl groups excluding tert-OH is 3. The molecule has 0 saturated heterocycles. The molecule has 6 heteroatoms. The van der Waals surface area contributed by atoms with Crippen LogP contribution in [0.3, 0.4) is 0 Å². The van der Waals surface area contributed by atoms with Crippen LogP contribution in [0.1, 0.15) is 22.3 Å². The van der Waals surface area contributed by atoms with Gasteiger partial charge in [0.05, 0.1) is 19.1 Å². The van der Waals surface area contributed by atoms with E-state index in [0.29, 0.717) is 9.75 Å². The average Bonchev–Trinajstić information content (AvgIpc) is 2.63. The van der Waals surface area contributed by atoms with Crippen molar-refractivity contribution in [2.45, 2.75) is 25.2 Å². The largest absolute Gasteiger partial charge is 0.481 e. The Hall–Kier alpha value is -0.950. The molecule has 4 N–H and O–H groups in total. The fourth-order valence-electron chi connectivity index (χ4n) is 1.12. The summed E-state index contributed by atoms with van der Waals surface area (Å²) in [5.74, 6) is -1.17. The number of rotatable bonds is 5. The smallest absolute Gasteiger partial charge is 0.306 e. The molecule has 1 aromatic rings. The fourth-order valence-corrected chi connectivity index (χ4v) is 2.04. The fraction of sp³-hybridized carbons (Fsp3) is 0.444. The highest BCUT2D eigenvalue weighted by Crippen LogP contribution is 2.26. The summed E-state index contributed by atoms with van der Waals surface area (Å²) in [4.78, 5) is 11.4. The van der Waals surface area contributed by atoms with Gasteiger partial charge in [0, 0.05) is 9.75 Å². The van der Waals surface area contributed by atoms with Gasteiger partial charge in [0.25, 0.3) is 0 Å². The Morgan fingerprint density at radius 3 is 2.53 bits per heavy atom. The normalized spacial score (nSPS) is 14.9. The molecule has 0 radical (unpaired) electrons.